The van der Waals surface area contributed by atoms with Crippen LogP contribution >= 0.6 is 11.8 Å². The maximum Gasteiger partial charge on any atom is 0.313 e. The Morgan fingerprint density at radius 3 is 2.89 bits per heavy atom. The molecule has 0 fully saturated rings. The Hall–Kier alpha value is -1.82. The zero-order valence-electron chi connectivity index (χ0n) is 10.1. The summed E-state index contributed by atoms with van der Waals surface area (Å²) in [6.45, 7) is 2.01. The minimum absolute atomic E-state index is 0.0141. The zero-order valence-corrected chi connectivity index (χ0v) is 10.9. The molecule has 18 heavy (non-hydrogen) atoms. The fraction of sp³-hybridized carbons (Fsp3) is 0.250. The highest BCUT2D eigenvalue weighted by Gasteiger charge is 2.12. The quantitative estimate of drug-likeness (QED) is 0.854. The lowest BCUT2D eigenvalue weighted by molar-refractivity contribution is -0.133. The molecule has 94 valence electrons. The lowest BCUT2D eigenvalue weighted by Crippen LogP contribution is -2.01. The molecule has 1 heterocycles. The molecule has 2 aromatic rings. The zero-order chi connectivity index (χ0) is 13.1. The molecule has 0 spiro atoms. The summed E-state index contributed by atoms with van der Waals surface area (Å²) in [6, 6.07) is 7.96. The number of thioether (sulfide) groups is 1. The minimum atomic E-state index is -0.861. The van der Waals surface area contributed by atoms with Crippen LogP contribution in [0, 0.1) is 6.92 Å². The van der Waals surface area contributed by atoms with E-state index in [1.54, 1.807) is 0 Å². The molecule has 0 aliphatic heterocycles. The molecule has 1 aromatic heterocycles. The van der Waals surface area contributed by atoms with Crippen molar-refractivity contribution in [3.05, 3.63) is 29.8 Å². The first-order valence-corrected chi connectivity index (χ1v) is 6.37. The van der Waals surface area contributed by atoms with Crippen LogP contribution in [0.15, 0.2) is 29.4 Å². The highest BCUT2D eigenvalue weighted by Crippen LogP contribution is 2.22. The number of carboxylic acid groups (broad SMARTS) is 1. The maximum absolute atomic E-state index is 10.5. The standard InChI is InChI=1S/C12H13N3O2S/c1-8-4-3-5-9(6-8)11-13-14-12(15(11)2)18-7-10(16)17/h3-6H,7H2,1-2H3,(H,16,17). The molecule has 1 aromatic carbocycles. The summed E-state index contributed by atoms with van der Waals surface area (Å²) < 4.78 is 1.81. The number of aliphatic carboxylic acids is 1. The van der Waals surface area contributed by atoms with Gasteiger partial charge < -0.3 is 9.67 Å². The topological polar surface area (TPSA) is 68.0 Å². The van der Waals surface area contributed by atoms with E-state index >= 15 is 0 Å². The number of hydrogen-bond donors (Lipinski definition) is 1. The smallest absolute Gasteiger partial charge is 0.313 e. The third kappa shape index (κ3) is 2.70. The van der Waals surface area contributed by atoms with Crippen LogP contribution in [0.1, 0.15) is 5.56 Å². The summed E-state index contributed by atoms with van der Waals surface area (Å²) in [6.07, 6.45) is 0. The predicted octanol–water partition coefficient (Wildman–Crippen LogP) is 1.97. The number of carbonyl (C=O) groups is 1. The summed E-state index contributed by atoms with van der Waals surface area (Å²) in [5.41, 5.74) is 2.13. The number of benzene rings is 1. The van der Waals surface area contributed by atoms with Crippen LogP contribution in [0.25, 0.3) is 11.4 Å². The van der Waals surface area contributed by atoms with Gasteiger partial charge in [0.15, 0.2) is 11.0 Å². The molecule has 2 rings (SSSR count). The van der Waals surface area contributed by atoms with Gasteiger partial charge in [0, 0.05) is 12.6 Å². The van der Waals surface area contributed by atoms with Gasteiger partial charge in [-0.15, -0.1) is 10.2 Å². The maximum atomic E-state index is 10.5. The van der Waals surface area contributed by atoms with Gasteiger partial charge in [0.1, 0.15) is 0 Å². The summed E-state index contributed by atoms with van der Waals surface area (Å²) in [5.74, 6) is -0.133. The fourth-order valence-electron chi connectivity index (χ4n) is 1.60. The number of nitrogens with zero attached hydrogens (tertiary/aromatic N) is 3. The first-order valence-electron chi connectivity index (χ1n) is 5.39. The van der Waals surface area contributed by atoms with Crippen LogP contribution in [-0.4, -0.2) is 31.6 Å². The van der Waals surface area contributed by atoms with E-state index in [1.807, 2.05) is 42.8 Å². The molecule has 0 aliphatic carbocycles. The number of rotatable bonds is 4. The minimum Gasteiger partial charge on any atom is -0.481 e. The van der Waals surface area contributed by atoms with Crippen molar-refractivity contribution in [1.29, 1.82) is 0 Å². The summed E-state index contributed by atoms with van der Waals surface area (Å²) >= 11 is 1.16. The van der Waals surface area contributed by atoms with Crippen molar-refractivity contribution in [2.45, 2.75) is 12.1 Å². The normalized spacial score (nSPS) is 10.6. The van der Waals surface area contributed by atoms with Crippen LogP contribution < -0.4 is 0 Å². The van der Waals surface area contributed by atoms with Gasteiger partial charge >= 0.3 is 5.97 Å². The molecule has 0 bridgehead atoms. The summed E-state index contributed by atoms with van der Waals surface area (Å²) in [4.78, 5) is 10.5. The number of carboxylic acids is 1. The van der Waals surface area contributed by atoms with Crippen LogP contribution in [0.3, 0.4) is 0 Å². The van der Waals surface area contributed by atoms with Gasteiger partial charge in [-0.3, -0.25) is 4.79 Å². The van der Waals surface area contributed by atoms with Gasteiger partial charge in [-0.05, 0) is 13.0 Å². The van der Waals surface area contributed by atoms with E-state index in [9.17, 15) is 4.79 Å². The largest absolute Gasteiger partial charge is 0.481 e. The molecular formula is C12H13N3O2S. The average molecular weight is 263 g/mol. The Morgan fingerprint density at radius 2 is 2.22 bits per heavy atom. The molecule has 0 saturated heterocycles. The Bertz CT molecular complexity index is 580. The predicted molar refractivity (Wildman–Crippen MR) is 69.5 cm³/mol. The average Bonchev–Trinajstić information content (AvgIpc) is 2.68. The van der Waals surface area contributed by atoms with Crippen LogP contribution in [0.4, 0.5) is 0 Å². The summed E-state index contributed by atoms with van der Waals surface area (Å²) in [5, 5.41) is 17.4. The van der Waals surface area contributed by atoms with Gasteiger partial charge in [0.05, 0.1) is 5.75 Å². The molecule has 0 unspecified atom stereocenters. The van der Waals surface area contributed by atoms with Crippen molar-refractivity contribution in [2.75, 3.05) is 5.75 Å². The Labute approximate surface area is 109 Å². The van der Waals surface area contributed by atoms with Crippen LogP contribution in [0.2, 0.25) is 0 Å². The number of aryl methyl sites for hydroxylation is 1. The van der Waals surface area contributed by atoms with E-state index in [0.29, 0.717) is 5.16 Å². The monoisotopic (exact) mass is 263 g/mol. The molecular weight excluding hydrogens is 250 g/mol. The third-order valence-electron chi connectivity index (χ3n) is 2.44. The summed E-state index contributed by atoms with van der Waals surface area (Å²) in [7, 11) is 1.84. The highest BCUT2D eigenvalue weighted by molar-refractivity contribution is 7.99. The molecule has 0 saturated carbocycles. The van der Waals surface area contributed by atoms with Crippen molar-refractivity contribution >= 4 is 17.7 Å². The third-order valence-corrected chi connectivity index (χ3v) is 3.44. The van der Waals surface area contributed by atoms with E-state index < -0.39 is 5.97 Å². The lowest BCUT2D eigenvalue weighted by Gasteiger charge is -2.03. The first-order chi connectivity index (χ1) is 8.58. The number of hydrogen-bond acceptors (Lipinski definition) is 4. The van der Waals surface area contributed by atoms with Gasteiger partial charge in [-0.2, -0.15) is 0 Å². The van der Waals surface area contributed by atoms with Crippen molar-refractivity contribution in [3.63, 3.8) is 0 Å². The van der Waals surface area contributed by atoms with E-state index in [1.165, 1.54) is 0 Å². The Morgan fingerprint density at radius 1 is 1.44 bits per heavy atom. The molecule has 0 radical (unpaired) electrons. The van der Waals surface area contributed by atoms with Crippen molar-refractivity contribution < 1.29 is 9.90 Å². The lowest BCUT2D eigenvalue weighted by atomic mass is 10.1. The second-order valence-electron chi connectivity index (χ2n) is 3.92. The molecule has 0 amide bonds. The van der Waals surface area contributed by atoms with Crippen LogP contribution in [-0.2, 0) is 11.8 Å². The van der Waals surface area contributed by atoms with Crippen molar-refractivity contribution in [1.82, 2.24) is 14.8 Å². The van der Waals surface area contributed by atoms with Gasteiger partial charge in [0.25, 0.3) is 0 Å². The van der Waals surface area contributed by atoms with E-state index in [2.05, 4.69) is 10.2 Å². The molecule has 6 heteroatoms. The van der Waals surface area contributed by atoms with Gasteiger partial charge in [0.2, 0.25) is 0 Å². The van der Waals surface area contributed by atoms with Crippen LogP contribution in [0.5, 0.6) is 0 Å². The van der Waals surface area contributed by atoms with E-state index in [-0.39, 0.29) is 5.75 Å². The SMILES string of the molecule is Cc1cccc(-c2nnc(SCC(=O)O)n2C)c1. The van der Waals surface area contributed by atoms with Crippen molar-refractivity contribution in [2.24, 2.45) is 7.05 Å². The van der Waals surface area contributed by atoms with E-state index in [4.69, 9.17) is 5.11 Å². The fourth-order valence-corrected chi connectivity index (χ4v) is 2.23. The highest BCUT2D eigenvalue weighted by atomic mass is 32.2. The van der Waals surface area contributed by atoms with Crippen molar-refractivity contribution in [3.8, 4) is 11.4 Å². The Balaban J connectivity index is 2.28. The second-order valence-corrected chi connectivity index (χ2v) is 4.86. The second kappa shape index (κ2) is 5.22. The molecule has 0 atom stereocenters. The first kappa shape index (κ1) is 12.6. The van der Waals surface area contributed by atoms with Gasteiger partial charge in [-0.1, -0.05) is 35.5 Å². The van der Waals surface area contributed by atoms with E-state index in [0.717, 1.165) is 28.7 Å². The van der Waals surface area contributed by atoms with Gasteiger partial charge in [-0.25, -0.2) is 0 Å². The molecule has 1 N–H and O–H groups in total. The Kier molecular flexibility index (Phi) is 3.66. The molecule has 0 aliphatic rings. The molecule has 5 nitrogen and oxygen atoms in total. The number of aromatic nitrogens is 3.